The maximum absolute atomic E-state index is 13.3. The normalized spacial score (nSPS) is 14.1. The summed E-state index contributed by atoms with van der Waals surface area (Å²) < 4.78 is 3.37. The van der Waals surface area contributed by atoms with Crippen LogP contribution in [0.3, 0.4) is 0 Å². The summed E-state index contributed by atoms with van der Waals surface area (Å²) >= 11 is 0. The van der Waals surface area contributed by atoms with E-state index in [4.69, 9.17) is 5.10 Å². The molecule has 2 aromatic carbocycles. The molecule has 2 N–H and O–H groups in total. The molecule has 0 radical (unpaired) electrons. The summed E-state index contributed by atoms with van der Waals surface area (Å²) in [5.41, 5.74) is 5.61. The first-order valence-corrected chi connectivity index (χ1v) is 12.4. The van der Waals surface area contributed by atoms with Crippen molar-refractivity contribution in [1.29, 1.82) is 0 Å². The molecule has 1 fully saturated rings. The standard InChI is InChI=1S/C28H27N7O2/c1-16-5-4-6-19(13-16)17(2)29-28(37)26-21-14-20(9-11-23(21)34(3)33-26)22-10-12-25-30-24(15-35(25)32-22)31-27(36)18-7-8-18/h4-6,9-15,17-18H,7-8H2,1-3H3,(H,29,37)(H,31,36)/t17-/m0/s1. The Morgan fingerprint density at radius 2 is 1.89 bits per heavy atom. The lowest BCUT2D eigenvalue weighted by Gasteiger charge is -2.14. The van der Waals surface area contributed by atoms with Gasteiger partial charge in [-0.3, -0.25) is 14.3 Å². The molecule has 0 spiro atoms. The van der Waals surface area contributed by atoms with Crippen molar-refractivity contribution >= 4 is 34.2 Å². The number of aromatic nitrogens is 5. The Morgan fingerprint density at radius 1 is 1.05 bits per heavy atom. The van der Waals surface area contributed by atoms with Crippen LogP contribution in [0.15, 0.2) is 60.8 Å². The van der Waals surface area contributed by atoms with Gasteiger partial charge in [0.05, 0.1) is 23.4 Å². The highest BCUT2D eigenvalue weighted by Gasteiger charge is 2.30. The Bertz CT molecular complexity index is 1680. The summed E-state index contributed by atoms with van der Waals surface area (Å²) in [5.74, 6) is 0.371. The number of imidazole rings is 1. The Kier molecular flexibility index (Phi) is 5.48. The van der Waals surface area contributed by atoms with Gasteiger partial charge in [0, 0.05) is 23.9 Å². The van der Waals surface area contributed by atoms with Gasteiger partial charge >= 0.3 is 0 Å². The molecule has 0 bridgehead atoms. The second kappa shape index (κ2) is 8.85. The SMILES string of the molecule is Cc1cccc([C@H](C)NC(=O)c2nn(C)c3ccc(-c4ccc5nc(NC(=O)C6CC6)cn5n4)cc23)c1. The molecule has 1 atom stereocenters. The summed E-state index contributed by atoms with van der Waals surface area (Å²) in [6.45, 7) is 4.00. The van der Waals surface area contributed by atoms with Crippen LogP contribution in [0.25, 0.3) is 27.8 Å². The molecule has 1 aliphatic carbocycles. The smallest absolute Gasteiger partial charge is 0.272 e. The lowest BCUT2D eigenvalue weighted by Crippen LogP contribution is -2.27. The maximum Gasteiger partial charge on any atom is 0.272 e. The number of rotatable bonds is 6. The van der Waals surface area contributed by atoms with E-state index >= 15 is 0 Å². The minimum atomic E-state index is -0.231. The monoisotopic (exact) mass is 493 g/mol. The number of nitrogens with zero attached hydrogens (tertiary/aromatic N) is 5. The van der Waals surface area contributed by atoms with Gasteiger partial charge < -0.3 is 10.6 Å². The van der Waals surface area contributed by atoms with Crippen LogP contribution in [-0.2, 0) is 11.8 Å². The molecule has 0 aliphatic heterocycles. The van der Waals surface area contributed by atoms with Crippen LogP contribution in [0.1, 0.15) is 47.4 Å². The van der Waals surface area contributed by atoms with E-state index in [0.29, 0.717) is 17.2 Å². The van der Waals surface area contributed by atoms with Gasteiger partial charge in [-0.1, -0.05) is 35.9 Å². The molecule has 0 unspecified atom stereocenters. The molecule has 1 aliphatic rings. The van der Waals surface area contributed by atoms with E-state index in [-0.39, 0.29) is 23.8 Å². The highest BCUT2D eigenvalue weighted by atomic mass is 16.2. The first-order chi connectivity index (χ1) is 17.9. The molecule has 186 valence electrons. The van der Waals surface area contributed by atoms with Crippen LogP contribution in [-0.4, -0.2) is 36.2 Å². The molecule has 37 heavy (non-hydrogen) atoms. The van der Waals surface area contributed by atoms with E-state index in [2.05, 4.69) is 26.8 Å². The van der Waals surface area contributed by atoms with Crippen LogP contribution in [0, 0.1) is 12.8 Å². The van der Waals surface area contributed by atoms with Crippen molar-refractivity contribution in [2.45, 2.75) is 32.7 Å². The summed E-state index contributed by atoms with van der Waals surface area (Å²) in [6, 6.07) is 17.5. The molecule has 6 rings (SSSR count). The van der Waals surface area contributed by atoms with Crippen LogP contribution in [0.4, 0.5) is 5.82 Å². The number of fused-ring (bicyclic) bond motifs is 2. The Labute approximate surface area is 213 Å². The van der Waals surface area contributed by atoms with E-state index < -0.39 is 0 Å². The van der Waals surface area contributed by atoms with Crippen molar-refractivity contribution in [3.05, 3.63) is 77.6 Å². The average molecular weight is 494 g/mol. The summed E-state index contributed by atoms with van der Waals surface area (Å²) in [5, 5.41) is 15.9. The van der Waals surface area contributed by atoms with Crippen LogP contribution in [0.5, 0.6) is 0 Å². The molecular formula is C28H27N7O2. The quantitative estimate of drug-likeness (QED) is 0.364. The molecule has 1 saturated carbocycles. The fourth-order valence-corrected chi connectivity index (χ4v) is 4.55. The number of anilines is 1. The van der Waals surface area contributed by atoms with Crippen molar-refractivity contribution in [2.75, 3.05) is 5.32 Å². The number of hydrogen-bond acceptors (Lipinski definition) is 5. The van der Waals surface area contributed by atoms with E-state index in [1.807, 2.05) is 69.4 Å². The third-order valence-electron chi connectivity index (χ3n) is 6.77. The Morgan fingerprint density at radius 3 is 2.68 bits per heavy atom. The molecule has 3 heterocycles. The van der Waals surface area contributed by atoms with E-state index in [0.717, 1.165) is 46.1 Å². The van der Waals surface area contributed by atoms with E-state index in [1.54, 1.807) is 15.4 Å². The lowest BCUT2D eigenvalue weighted by atomic mass is 10.0. The zero-order valence-electron chi connectivity index (χ0n) is 20.9. The van der Waals surface area contributed by atoms with Gasteiger partial charge in [0.2, 0.25) is 5.91 Å². The second-order valence-corrected chi connectivity index (χ2v) is 9.72. The predicted molar refractivity (Wildman–Crippen MR) is 141 cm³/mol. The predicted octanol–water partition coefficient (Wildman–Crippen LogP) is 4.43. The van der Waals surface area contributed by atoms with Gasteiger partial charge in [0.1, 0.15) is 0 Å². The van der Waals surface area contributed by atoms with Crippen molar-refractivity contribution < 1.29 is 9.59 Å². The maximum atomic E-state index is 13.3. The molecule has 0 saturated heterocycles. The molecule has 9 nitrogen and oxygen atoms in total. The van der Waals surface area contributed by atoms with Gasteiger partial charge in [-0.15, -0.1) is 0 Å². The molecule has 2 amide bonds. The van der Waals surface area contributed by atoms with Gasteiger partial charge in [-0.05, 0) is 56.5 Å². The van der Waals surface area contributed by atoms with Crippen LogP contribution in [0.2, 0.25) is 0 Å². The zero-order valence-corrected chi connectivity index (χ0v) is 20.9. The highest BCUT2D eigenvalue weighted by molar-refractivity contribution is 6.06. The number of carbonyl (C=O) groups is 2. The van der Waals surface area contributed by atoms with E-state index in [1.165, 1.54) is 0 Å². The molecule has 9 heteroatoms. The van der Waals surface area contributed by atoms with Crippen LogP contribution >= 0.6 is 0 Å². The second-order valence-electron chi connectivity index (χ2n) is 9.72. The van der Waals surface area contributed by atoms with Crippen molar-refractivity contribution in [2.24, 2.45) is 13.0 Å². The minimum absolute atomic E-state index is 0.00758. The van der Waals surface area contributed by atoms with Crippen LogP contribution < -0.4 is 10.6 Å². The Balaban J connectivity index is 1.29. The highest BCUT2D eigenvalue weighted by Crippen LogP contribution is 2.30. The summed E-state index contributed by atoms with van der Waals surface area (Å²) in [6.07, 6.45) is 3.58. The zero-order chi connectivity index (χ0) is 25.7. The number of hydrogen-bond donors (Lipinski definition) is 2. The van der Waals surface area contributed by atoms with Crippen molar-refractivity contribution in [1.82, 2.24) is 29.7 Å². The number of benzene rings is 2. The molecular weight excluding hydrogens is 466 g/mol. The van der Waals surface area contributed by atoms with E-state index in [9.17, 15) is 9.59 Å². The Hall–Kier alpha value is -4.53. The fraction of sp³-hybridized carbons (Fsp3) is 0.250. The minimum Gasteiger partial charge on any atom is -0.344 e. The first-order valence-electron chi connectivity index (χ1n) is 12.4. The van der Waals surface area contributed by atoms with Gasteiger partial charge in [0.15, 0.2) is 17.2 Å². The summed E-state index contributed by atoms with van der Waals surface area (Å²) in [7, 11) is 1.83. The molecule has 3 aromatic heterocycles. The number of nitrogens with one attached hydrogen (secondary N) is 2. The topological polar surface area (TPSA) is 106 Å². The third-order valence-corrected chi connectivity index (χ3v) is 6.77. The van der Waals surface area contributed by atoms with Crippen molar-refractivity contribution in [3.63, 3.8) is 0 Å². The van der Waals surface area contributed by atoms with Gasteiger partial charge in [-0.25, -0.2) is 9.50 Å². The number of aryl methyl sites for hydroxylation is 2. The average Bonchev–Trinajstić information content (AvgIpc) is 3.59. The first kappa shape index (κ1) is 22.9. The lowest BCUT2D eigenvalue weighted by molar-refractivity contribution is -0.117. The summed E-state index contributed by atoms with van der Waals surface area (Å²) in [4.78, 5) is 29.8. The fourth-order valence-electron chi connectivity index (χ4n) is 4.55. The van der Waals surface area contributed by atoms with Gasteiger partial charge in [-0.2, -0.15) is 10.2 Å². The number of amides is 2. The van der Waals surface area contributed by atoms with Gasteiger partial charge in [0.25, 0.3) is 5.91 Å². The third kappa shape index (κ3) is 4.44. The van der Waals surface area contributed by atoms with Crippen molar-refractivity contribution in [3.8, 4) is 11.3 Å². The number of carbonyl (C=O) groups excluding carboxylic acids is 2. The molecule has 5 aromatic rings. The largest absolute Gasteiger partial charge is 0.344 e.